The van der Waals surface area contributed by atoms with Crippen LogP contribution in [0.25, 0.3) is 0 Å². The van der Waals surface area contributed by atoms with Crippen molar-refractivity contribution in [3.8, 4) is 5.75 Å². The fraction of sp³-hybridized carbons (Fsp3) is 0.462. The van der Waals surface area contributed by atoms with Crippen molar-refractivity contribution in [2.45, 2.75) is 38.1 Å². The molecule has 0 radical (unpaired) electrons. The molecule has 2 rings (SSSR count). The zero-order chi connectivity index (χ0) is 12.5. The molecule has 1 aliphatic carbocycles. The number of aliphatic imine (C=N–C) groups is 1. The molecule has 0 unspecified atom stereocenters. The normalized spacial score (nSPS) is 15.3. The molecule has 92 valence electrons. The van der Waals surface area contributed by atoms with Gasteiger partial charge in [-0.1, -0.05) is 25.3 Å². The summed E-state index contributed by atoms with van der Waals surface area (Å²) < 4.78 is 0. The zero-order valence-electron chi connectivity index (χ0n) is 9.80. The van der Waals surface area contributed by atoms with E-state index in [-0.39, 0.29) is 5.75 Å². The molecule has 0 aliphatic heterocycles. The smallest absolute Gasteiger partial charge is 0.235 e. The molecule has 1 fully saturated rings. The molecule has 1 aromatic rings. The van der Waals surface area contributed by atoms with Crippen molar-refractivity contribution in [3.63, 3.8) is 0 Å². The second-order valence-corrected chi connectivity index (χ2v) is 4.11. The Morgan fingerprint density at radius 3 is 2.47 bits per heavy atom. The number of rotatable bonds is 1. The Kier molecular flexibility index (Phi) is 5.83. The Labute approximate surface area is 101 Å². The fourth-order valence-corrected chi connectivity index (χ4v) is 1.81. The first kappa shape index (κ1) is 13.3. The third-order valence-corrected chi connectivity index (χ3v) is 2.68. The maximum Gasteiger partial charge on any atom is 0.235 e. The van der Waals surface area contributed by atoms with Gasteiger partial charge in [0.15, 0.2) is 0 Å². The largest absolute Gasteiger partial charge is 0.508 e. The van der Waals surface area contributed by atoms with Gasteiger partial charge in [0.05, 0.1) is 6.04 Å². The molecule has 0 saturated heterocycles. The van der Waals surface area contributed by atoms with E-state index in [9.17, 15) is 4.79 Å². The molecule has 0 spiro atoms. The van der Waals surface area contributed by atoms with Gasteiger partial charge in [0, 0.05) is 11.8 Å². The average Bonchev–Trinajstić information content (AvgIpc) is 2.31. The van der Waals surface area contributed by atoms with E-state index >= 15 is 0 Å². The third-order valence-electron chi connectivity index (χ3n) is 2.68. The van der Waals surface area contributed by atoms with E-state index in [1.54, 1.807) is 24.3 Å². The molecule has 4 nitrogen and oxygen atoms in total. The monoisotopic (exact) mass is 234 g/mol. The van der Waals surface area contributed by atoms with Gasteiger partial charge in [-0.2, -0.15) is 0 Å². The highest BCUT2D eigenvalue weighted by atomic mass is 16.3. The number of hydrogen-bond donors (Lipinski definition) is 2. The van der Waals surface area contributed by atoms with Gasteiger partial charge in [-0.25, -0.2) is 9.79 Å². The molecule has 0 amide bonds. The van der Waals surface area contributed by atoms with Gasteiger partial charge in [0.25, 0.3) is 0 Å². The number of benzene rings is 1. The number of phenols is 1. The summed E-state index contributed by atoms with van der Waals surface area (Å²) in [5.74, 6) is 0.213. The minimum Gasteiger partial charge on any atom is -0.508 e. The molecular formula is C13H18N2O2. The molecule has 3 N–H and O–H groups in total. The Morgan fingerprint density at radius 2 is 2.00 bits per heavy atom. The molecule has 0 aromatic heterocycles. The Hall–Kier alpha value is -1.80. The lowest BCUT2D eigenvalue weighted by Gasteiger charge is -2.14. The first-order valence-electron chi connectivity index (χ1n) is 5.84. The summed E-state index contributed by atoms with van der Waals surface area (Å²) in [4.78, 5) is 13.5. The summed E-state index contributed by atoms with van der Waals surface area (Å²) in [5.41, 5.74) is 5.89. The summed E-state index contributed by atoms with van der Waals surface area (Å²) in [5, 5.41) is 8.73. The van der Waals surface area contributed by atoms with Gasteiger partial charge in [-0.05, 0) is 25.0 Å². The van der Waals surface area contributed by atoms with Crippen LogP contribution in [-0.4, -0.2) is 17.2 Å². The topological polar surface area (TPSA) is 75.7 Å². The Morgan fingerprint density at radius 1 is 1.29 bits per heavy atom. The highest BCUT2D eigenvalue weighted by Gasteiger charge is 2.10. The molecular weight excluding hydrogens is 216 g/mol. The predicted molar refractivity (Wildman–Crippen MR) is 67.5 cm³/mol. The van der Waals surface area contributed by atoms with E-state index in [1.165, 1.54) is 25.3 Å². The highest BCUT2D eigenvalue weighted by molar-refractivity contribution is 5.42. The minimum absolute atomic E-state index is 0.213. The number of nitrogens with zero attached hydrogens (tertiary/aromatic N) is 1. The van der Waals surface area contributed by atoms with Crippen molar-refractivity contribution < 1.29 is 9.90 Å². The standard InChI is InChI=1S/C7H11NO.C6H7NO/c9-6-8-7-4-2-1-3-5-7;7-5-2-1-3-6(8)4-5/h7H,1-5H2;1-4,8H,7H2. The van der Waals surface area contributed by atoms with Crippen LogP contribution in [0.4, 0.5) is 5.69 Å². The van der Waals surface area contributed by atoms with E-state index < -0.39 is 0 Å². The van der Waals surface area contributed by atoms with Crippen molar-refractivity contribution in [1.29, 1.82) is 0 Å². The number of hydrogen-bond acceptors (Lipinski definition) is 4. The van der Waals surface area contributed by atoms with Gasteiger partial charge in [-0.3, -0.25) is 0 Å². The summed E-state index contributed by atoms with van der Waals surface area (Å²) in [6.07, 6.45) is 7.57. The number of nitrogen functional groups attached to an aromatic ring is 1. The van der Waals surface area contributed by atoms with Crippen LogP contribution in [-0.2, 0) is 4.79 Å². The van der Waals surface area contributed by atoms with E-state index in [0.29, 0.717) is 11.7 Å². The van der Waals surface area contributed by atoms with Crippen LogP contribution in [0.3, 0.4) is 0 Å². The predicted octanol–water partition coefficient (Wildman–Crippen LogP) is 2.63. The number of carbonyl (C=O) groups excluding carboxylic acids is 1. The van der Waals surface area contributed by atoms with E-state index in [4.69, 9.17) is 10.8 Å². The van der Waals surface area contributed by atoms with Crippen molar-refractivity contribution in [3.05, 3.63) is 24.3 Å². The molecule has 0 heterocycles. The second-order valence-electron chi connectivity index (χ2n) is 4.11. The third kappa shape index (κ3) is 5.73. The minimum atomic E-state index is 0.213. The Balaban J connectivity index is 0.000000171. The van der Waals surface area contributed by atoms with Crippen molar-refractivity contribution >= 4 is 11.8 Å². The lowest BCUT2D eigenvalue weighted by Crippen LogP contribution is -2.08. The highest BCUT2D eigenvalue weighted by Crippen LogP contribution is 2.19. The lowest BCUT2D eigenvalue weighted by molar-refractivity contribution is 0.439. The second kappa shape index (κ2) is 7.47. The van der Waals surface area contributed by atoms with Crippen LogP contribution in [0, 0.1) is 0 Å². The van der Waals surface area contributed by atoms with Crippen LogP contribution in [0.5, 0.6) is 5.75 Å². The fourth-order valence-electron chi connectivity index (χ4n) is 1.81. The summed E-state index contributed by atoms with van der Waals surface area (Å²) in [6, 6.07) is 6.80. The zero-order valence-corrected chi connectivity index (χ0v) is 9.80. The first-order valence-corrected chi connectivity index (χ1v) is 5.84. The van der Waals surface area contributed by atoms with Crippen LogP contribution >= 0.6 is 0 Å². The maximum absolute atomic E-state index is 9.78. The van der Waals surface area contributed by atoms with Crippen molar-refractivity contribution in [1.82, 2.24) is 0 Å². The van der Waals surface area contributed by atoms with Crippen molar-refractivity contribution in [2.24, 2.45) is 4.99 Å². The average molecular weight is 234 g/mol. The van der Waals surface area contributed by atoms with E-state index in [0.717, 1.165) is 12.8 Å². The molecule has 1 saturated carbocycles. The molecule has 17 heavy (non-hydrogen) atoms. The van der Waals surface area contributed by atoms with Crippen LogP contribution in [0.2, 0.25) is 0 Å². The molecule has 0 bridgehead atoms. The van der Waals surface area contributed by atoms with Gasteiger partial charge < -0.3 is 10.8 Å². The maximum atomic E-state index is 9.78. The number of aromatic hydroxyl groups is 1. The van der Waals surface area contributed by atoms with Gasteiger partial charge >= 0.3 is 0 Å². The summed E-state index contributed by atoms with van der Waals surface area (Å²) >= 11 is 0. The molecule has 4 heteroatoms. The SMILES string of the molecule is Nc1cccc(O)c1.O=C=NC1CCCCC1. The van der Waals surface area contributed by atoms with Crippen molar-refractivity contribution in [2.75, 3.05) is 5.73 Å². The van der Waals surface area contributed by atoms with Gasteiger partial charge in [-0.15, -0.1) is 0 Å². The number of nitrogens with two attached hydrogens (primary N) is 1. The van der Waals surface area contributed by atoms with Crippen LogP contribution < -0.4 is 5.73 Å². The summed E-state index contributed by atoms with van der Waals surface area (Å²) in [6.45, 7) is 0. The van der Waals surface area contributed by atoms with Crippen LogP contribution in [0.15, 0.2) is 29.3 Å². The number of isocyanates is 1. The molecule has 0 atom stereocenters. The molecule has 1 aliphatic rings. The van der Waals surface area contributed by atoms with Crippen LogP contribution in [0.1, 0.15) is 32.1 Å². The number of phenolic OH excluding ortho intramolecular Hbond substituents is 1. The van der Waals surface area contributed by atoms with Gasteiger partial charge in [0.2, 0.25) is 6.08 Å². The number of anilines is 1. The van der Waals surface area contributed by atoms with Gasteiger partial charge in [0.1, 0.15) is 5.75 Å². The van der Waals surface area contributed by atoms with E-state index in [2.05, 4.69) is 4.99 Å². The quantitative estimate of drug-likeness (QED) is 0.445. The summed E-state index contributed by atoms with van der Waals surface area (Å²) in [7, 11) is 0. The molecule has 1 aromatic carbocycles. The first-order chi connectivity index (χ1) is 8.22. The lowest BCUT2D eigenvalue weighted by atomic mass is 9.96. The van der Waals surface area contributed by atoms with E-state index in [1.807, 2.05) is 0 Å². The Bertz CT molecular complexity index is 364.